The first-order valence-electron chi connectivity index (χ1n) is 9.22. The Morgan fingerprint density at radius 2 is 1.97 bits per heavy atom. The molecule has 0 fully saturated rings. The minimum atomic E-state index is -0.359. The lowest BCUT2D eigenvalue weighted by Gasteiger charge is -2.02. The normalized spacial score (nSPS) is 11.1. The van der Waals surface area contributed by atoms with Crippen LogP contribution in [0.15, 0.2) is 40.9 Å². The molecular formula is C21H20N4O4. The number of aryl methyl sites for hydroxylation is 3. The van der Waals surface area contributed by atoms with Gasteiger partial charge in [0.25, 0.3) is 0 Å². The molecule has 1 N–H and O–H groups in total. The van der Waals surface area contributed by atoms with Crippen LogP contribution < -0.4 is 10.1 Å². The Bertz CT molecular complexity index is 1240. The summed E-state index contributed by atoms with van der Waals surface area (Å²) in [6, 6.07) is 9.49. The fraction of sp³-hybridized carbons (Fsp3) is 0.238. The number of esters is 1. The first kappa shape index (κ1) is 18.7. The Morgan fingerprint density at radius 1 is 1.14 bits per heavy atom. The summed E-state index contributed by atoms with van der Waals surface area (Å²) < 4.78 is 12.7. The number of oxazole rings is 1. The lowest BCUT2D eigenvalue weighted by Crippen LogP contribution is -2.05. The fourth-order valence-corrected chi connectivity index (χ4v) is 3.25. The number of pyridine rings is 1. The van der Waals surface area contributed by atoms with Gasteiger partial charge in [0.1, 0.15) is 16.9 Å². The quantitative estimate of drug-likeness (QED) is 0.522. The summed E-state index contributed by atoms with van der Waals surface area (Å²) in [5.41, 5.74) is 5.16. The first-order chi connectivity index (χ1) is 13.9. The number of fused-ring (bicyclic) bond motifs is 2. The van der Waals surface area contributed by atoms with Crippen LogP contribution in [0.3, 0.4) is 0 Å². The number of hydrogen-bond donors (Lipinski definition) is 1. The zero-order chi connectivity index (χ0) is 20.5. The van der Waals surface area contributed by atoms with Crippen LogP contribution in [0.5, 0.6) is 5.75 Å². The summed E-state index contributed by atoms with van der Waals surface area (Å²) in [5.74, 6) is -0.106. The molecule has 148 valence electrons. The maximum atomic E-state index is 11.2. The molecule has 8 heteroatoms. The summed E-state index contributed by atoms with van der Waals surface area (Å²) in [7, 11) is 0. The monoisotopic (exact) mass is 392 g/mol. The summed E-state index contributed by atoms with van der Waals surface area (Å²) in [6.07, 6.45) is 3.37. The van der Waals surface area contributed by atoms with Crippen molar-refractivity contribution in [3.05, 3.63) is 53.5 Å². The SMILES string of the molecule is CC(=O)Nc1nc2ccc(CCc3nc4cc(OC(C)=O)ccn4c3C)cc2o1. The predicted octanol–water partition coefficient (Wildman–Crippen LogP) is 3.45. The van der Waals surface area contributed by atoms with Gasteiger partial charge in [-0.05, 0) is 43.5 Å². The van der Waals surface area contributed by atoms with Gasteiger partial charge >= 0.3 is 12.0 Å². The van der Waals surface area contributed by atoms with Gasteiger partial charge in [0.15, 0.2) is 5.58 Å². The number of nitrogens with zero attached hydrogens (tertiary/aromatic N) is 3. The second-order valence-electron chi connectivity index (χ2n) is 6.83. The summed E-state index contributed by atoms with van der Waals surface area (Å²) in [4.78, 5) is 31.2. The topological polar surface area (TPSA) is 98.7 Å². The van der Waals surface area contributed by atoms with E-state index in [1.54, 1.807) is 12.1 Å². The molecule has 4 aromatic rings. The van der Waals surface area contributed by atoms with E-state index >= 15 is 0 Å². The number of nitrogens with one attached hydrogen (secondary N) is 1. The zero-order valence-electron chi connectivity index (χ0n) is 16.4. The Kier molecular flexibility index (Phi) is 4.75. The van der Waals surface area contributed by atoms with Crippen molar-refractivity contribution < 1.29 is 18.7 Å². The van der Waals surface area contributed by atoms with E-state index < -0.39 is 0 Å². The van der Waals surface area contributed by atoms with Gasteiger partial charge in [-0.15, -0.1) is 0 Å². The van der Waals surface area contributed by atoms with Gasteiger partial charge in [-0.3, -0.25) is 14.9 Å². The van der Waals surface area contributed by atoms with Gasteiger partial charge in [0.05, 0.1) is 5.69 Å². The van der Waals surface area contributed by atoms with Gasteiger partial charge in [-0.25, -0.2) is 4.98 Å². The molecule has 1 aromatic carbocycles. The van der Waals surface area contributed by atoms with Gasteiger partial charge in [0, 0.05) is 31.8 Å². The number of hydrogen-bond acceptors (Lipinski definition) is 6. The lowest BCUT2D eigenvalue weighted by molar-refractivity contribution is -0.131. The standard InChI is InChI=1S/C21H20N4O4/c1-12-17(23-20-11-16(28-14(3)27)8-9-25(12)20)6-4-15-5-7-18-19(10-15)29-21(24-18)22-13(2)26/h5,7-11H,4,6H2,1-3H3,(H,22,24,26). The Balaban J connectivity index is 1.53. The maximum absolute atomic E-state index is 11.2. The second-order valence-corrected chi connectivity index (χ2v) is 6.83. The Labute approximate surface area is 166 Å². The van der Waals surface area contributed by atoms with E-state index in [1.807, 2.05) is 35.7 Å². The van der Waals surface area contributed by atoms with E-state index in [9.17, 15) is 9.59 Å². The maximum Gasteiger partial charge on any atom is 0.308 e. The molecule has 0 saturated heterocycles. The van der Waals surface area contributed by atoms with Crippen molar-refractivity contribution in [3.8, 4) is 5.75 Å². The lowest BCUT2D eigenvalue weighted by atomic mass is 10.1. The van der Waals surface area contributed by atoms with Crippen molar-refractivity contribution in [2.75, 3.05) is 5.32 Å². The summed E-state index contributed by atoms with van der Waals surface area (Å²) in [6.45, 7) is 4.80. The highest BCUT2D eigenvalue weighted by atomic mass is 16.5. The third-order valence-electron chi connectivity index (χ3n) is 4.58. The number of benzene rings is 1. The Morgan fingerprint density at radius 3 is 2.72 bits per heavy atom. The molecule has 29 heavy (non-hydrogen) atoms. The molecule has 3 heterocycles. The number of rotatable bonds is 5. The van der Waals surface area contributed by atoms with Crippen molar-refractivity contribution in [2.24, 2.45) is 0 Å². The minimum absolute atomic E-state index is 0.199. The third kappa shape index (κ3) is 3.96. The molecule has 0 bridgehead atoms. The number of ether oxygens (including phenoxy) is 1. The van der Waals surface area contributed by atoms with Gasteiger partial charge in [-0.2, -0.15) is 4.98 Å². The van der Waals surface area contributed by atoms with Crippen molar-refractivity contribution in [1.82, 2.24) is 14.4 Å². The highest BCUT2D eigenvalue weighted by Gasteiger charge is 2.12. The average Bonchev–Trinajstić information content (AvgIpc) is 3.18. The van der Waals surface area contributed by atoms with E-state index in [0.717, 1.165) is 35.4 Å². The summed E-state index contributed by atoms with van der Waals surface area (Å²) in [5, 5.41) is 2.55. The van der Waals surface area contributed by atoms with Gasteiger partial charge in [-0.1, -0.05) is 6.07 Å². The first-order valence-corrected chi connectivity index (χ1v) is 9.22. The number of imidazole rings is 1. The smallest absolute Gasteiger partial charge is 0.308 e. The van der Waals surface area contributed by atoms with E-state index in [1.165, 1.54) is 13.8 Å². The molecule has 0 unspecified atom stereocenters. The van der Waals surface area contributed by atoms with Crippen molar-refractivity contribution in [1.29, 1.82) is 0 Å². The van der Waals surface area contributed by atoms with E-state index in [-0.39, 0.29) is 17.9 Å². The van der Waals surface area contributed by atoms with Gasteiger partial charge < -0.3 is 13.6 Å². The van der Waals surface area contributed by atoms with Crippen LogP contribution in [0.1, 0.15) is 30.8 Å². The molecule has 0 aliphatic rings. The number of anilines is 1. The highest BCUT2D eigenvalue weighted by molar-refractivity contribution is 5.88. The van der Waals surface area contributed by atoms with Gasteiger partial charge in [0.2, 0.25) is 5.91 Å². The molecule has 4 rings (SSSR count). The Hall–Kier alpha value is -3.68. The fourth-order valence-electron chi connectivity index (χ4n) is 3.25. The van der Waals surface area contributed by atoms with E-state index in [4.69, 9.17) is 9.15 Å². The van der Waals surface area contributed by atoms with Crippen molar-refractivity contribution >= 4 is 34.6 Å². The number of carbonyl (C=O) groups is 2. The third-order valence-corrected chi connectivity index (χ3v) is 4.58. The second kappa shape index (κ2) is 7.38. The van der Waals surface area contributed by atoms with Crippen LogP contribution in [0.2, 0.25) is 0 Å². The van der Waals surface area contributed by atoms with Crippen molar-refractivity contribution in [3.63, 3.8) is 0 Å². The van der Waals surface area contributed by atoms with Crippen LogP contribution in [0.4, 0.5) is 6.01 Å². The van der Waals surface area contributed by atoms with Crippen LogP contribution >= 0.6 is 0 Å². The average molecular weight is 392 g/mol. The number of carbonyl (C=O) groups excluding carboxylic acids is 2. The van der Waals surface area contributed by atoms with Crippen LogP contribution in [-0.4, -0.2) is 26.2 Å². The van der Waals surface area contributed by atoms with Crippen LogP contribution in [0.25, 0.3) is 16.7 Å². The molecule has 0 aliphatic carbocycles. The molecule has 0 spiro atoms. The molecule has 0 saturated carbocycles. The summed E-state index contributed by atoms with van der Waals surface area (Å²) >= 11 is 0. The van der Waals surface area contributed by atoms with Crippen molar-refractivity contribution in [2.45, 2.75) is 33.6 Å². The van der Waals surface area contributed by atoms with Crippen LogP contribution in [0, 0.1) is 6.92 Å². The minimum Gasteiger partial charge on any atom is -0.427 e. The number of aromatic nitrogens is 3. The zero-order valence-corrected chi connectivity index (χ0v) is 16.4. The molecule has 3 aromatic heterocycles. The highest BCUT2D eigenvalue weighted by Crippen LogP contribution is 2.22. The van der Waals surface area contributed by atoms with Crippen LogP contribution in [-0.2, 0) is 22.4 Å². The van der Waals surface area contributed by atoms with E-state index in [2.05, 4.69) is 15.3 Å². The molecule has 1 amide bonds. The largest absolute Gasteiger partial charge is 0.427 e. The predicted molar refractivity (Wildman–Crippen MR) is 107 cm³/mol. The molecular weight excluding hydrogens is 372 g/mol. The van der Waals surface area contributed by atoms with E-state index in [0.29, 0.717) is 16.8 Å². The molecule has 0 atom stereocenters. The molecule has 0 aliphatic heterocycles. The number of amides is 1. The molecule has 0 radical (unpaired) electrons. The molecule has 8 nitrogen and oxygen atoms in total.